The van der Waals surface area contributed by atoms with E-state index in [1.807, 2.05) is 13.0 Å². The molecule has 0 amide bonds. The van der Waals surface area contributed by atoms with Gasteiger partial charge in [0, 0.05) is 0 Å². The highest BCUT2D eigenvalue weighted by molar-refractivity contribution is 7.13. The molecule has 86 valence electrons. The molecule has 2 aromatic rings. The van der Waals surface area contributed by atoms with Gasteiger partial charge in [-0.25, -0.2) is 4.98 Å². The summed E-state index contributed by atoms with van der Waals surface area (Å²) in [5.41, 5.74) is 6.49. The minimum Gasteiger partial charge on any atom is -0.382 e. The normalized spacial score (nSPS) is 10.2. The number of nitrogens with two attached hydrogens (primary N) is 1. The van der Waals surface area contributed by atoms with Gasteiger partial charge in [-0.3, -0.25) is 4.79 Å². The van der Waals surface area contributed by atoms with Gasteiger partial charge in [0.2, 0.25) is 0 Å². The minimum absolute atomic E-state index is 0.0583. The zero-order valence-electron chi connectivity index (χ0n) is 9.26. The first-order valence-corrected chi connectivity index (χ1v) is 5.58. The Labute approximate surface area is 101 Å². The summed E-state index contributed by atoms with van der Waals surface area (Å²) in [7, 11) is 0. The van der Waals surface area contributed by atoms with Crippen LogP contribution in [0.3, 0.4) is 0 Å². The van der Waals surface area contributed by atoms with Crippen molar-refractivity contribution in [1.29, 1.82) is 5.26 Å². The molecular weight excluding hydrogens is 238 g/mol. The number of hydrogen-bond acceptors (Lipinski definition) is 6. The van der Waals surface area contributed by atoms with E-state index in [-0.39, 0.29) is 17.3 Å². The predicted molar refractivity (Wildman–Crippen MR) is 62.7 cm³/mol. The van der Waals surface area contributed by atoms with Crippen LogP contribution < -0.4 is 5.73 Å². The van der Waals surface area contributed by atoms with Crippen LogP contribution in [-0.2, 0) is 0 Å². The number of aromatic nitrogens is 3. The molecule has 0 aromatic carbocycles. The van der Waals surface area contributed by atoms with Crippen LogP contribution in [0.4, 0.5) is 5.82 Å². The second kappa shape index (κ2) is 3.99. The van der Waals surface area contributed by atoms with Crippen LogP contribution in [-0.4, -0.2) is 20.7 Å². The zero-order valence-corrected chi connectivity index (χ0v) is 10.1. The minimum atomic E-state index is -0.355. The predicted octanol–water partition coefficient (Wildman–Crippen LogP) is 1.10. The Morgan fingerprint density at radius 1 is 1.59 bits per heavy atom. The Bertz CT molecular complexity index is 634. The maximum atomic E-state index is 12.1. The second-order valence-corrected chi connectivity index (χ2v) is 4.62. The fourth-order valence-corrected chi connectivity index (χ4v) is 2.28. The number of aryl methyl sites for hydroxylation is 2. The molecule has 0 aliphatic carbocycles. The highest BCUT2D eigenvalue weighted by atomic mass is 32.1. The highest BCUT2D eigenvalue weighted by Crippen LogP contribution is 2.20. The average molecular weight is 247 g/mol. The lowest BCUT2D eigenvalue weighted by atomic mass is 10.3. The molecule has 0 aliphatic heterocycles. The Morgan fingerprint density at radius 3 is 2.76 bits per heavy atom. The van der Waals surface area contributed by atoms with Crippen LogP contribution in [0.1, 0.15) is 25.9 Å². The van der Waals surface area contributed by atoms with E-state index in [9.17, 15) is 4.79 Å². The quantitative estimate of drug-likeness (QED) is 0.813. The van der Waals surface area contributed by atoms with Crippen LogP contribution in [0.15, 0.2) is 6.20 Å². The lowest BCUT2D eigenvalue weighted by Gasteiger charge is -2.00. The summed E-state index contributed by atoms with van der Waals surface area (Å²) in [6, 6.07) is 1.87. The molecule has 2 rings (SSSR count). The van der Waals surface area contributed by atoms with E-state index in [1.54, 1.807) is 6.92 Å². The van der Waals surface area contributed by atoms with E-state index in [4.69, 9.17) is 11.0 Å². The van der Waals surface area contributed by atoms with Gasteiger partial charge in [-0.15, -0.1) is 11.3 Å². The molecule has 0 radical (unpaired) electrons. The van der Waals surface area contributed by atoms with Gasteiger partial charge in [-0.2, -0.15) is 15.0 Å². The lowest BCUT2D eigenvalue weighted by molar-refractivity contribution is 0.0951. The molecule has 0 unspecified atom stereocenters. The molecule has 0 aliphatic rings. The van der Waals surface area contributed by atoms with Crippen molar-refractivity contribution in [2.45, 2.75) is 13.8 Å². The molecule has 2 heterocycles. The SMILES string of the molecule is Cc1nc(C)c(C(=O)n2ncc(C#N)c2N)s1. The Hall–Kier alpha value is -2.20. The van der Waals surface area contributed by atoms with Gasteiger partial charge in [0.1, 0.15) is 22.3 Å². The monoisotopic (exact) mass is 247 g/mol. The number of carbonyl (C=O) groups excluding carboxylic acids is 1. The van der Waals surface area contributed by atoms with E-state index in [0.717, 1.165) is 9.69 Å². The fraction of sp³-hybridized carbons (Fsp3) is 0.200. The van der Waals surface area contributed by atoms with E-state index < -0.39 is 0 Å². The van der Waals surface area contributed by atoms with Gasteiger partial charge in [0.25, 0.3) is 5.91 Å². The van der Waals surface area contributed by atoms with E-state index in [2.05, 4.69) is 10.1 Å². The van der Waals surface area contributed by atoms with Gasteiger partial charge in [0.15, 0.2) is 0 Å². The van der Waals surface area contributed by atoms with Gasteiger partial charge < -0.3 is 5.73 Å². The standard InChI is InChI=1S/C10H9N5OS/c1-5-8(17-6(2)14-5)10(16)15-9(12)7(3-11)4-13-15/h4H,12H2,1-2H3. The van der Waals surface area contributed by atoms with Crippen molar-refractivity contribution in [3.8, 4) is 6.07 Å². The molecule has 2 N–H and O–H groups in total. The van der Waals surface area contributed by atoms with Crippen LogP contribution in [0.2, 0.25) is 0 Å². The van der Waals surface area contributed by atoms with Crippen LogP contribution in [0.25, 0.3) is 0 Å². The molecular formula is C10H9N5OS. The van der Waals surface area contributed by atoms with Gasteiger partial charge in [-0.05, 0) is 13.8 Å². The Kier molecular flexibility index (Phi) is 2.65. The summed E-state index contributed by atoms with van der Waals surface area (Å²) >= 11 is 1.28. The van der Waals surface area contributed by atoms with Crippen molar-refractivity contribution in [3.63, 3.8) is 0 Å². The maximum absolute atomic E-state index is 12.1. The molecule has 2 aromatic heterocycles. The van der Waals surface area contributed by atoms with Crippen molar-refractivity contribution in [1.82, 2.24) is 14.8 Å². The van der Waals surface area contributed by atoms with Crippen LogP contribution >= 0.6 is 11.3 Å². The first-order chi connectivity index (χ1) is 8.04. The number of nitriles is 1. The smallest absolute Gasteiger partial charge is 0.292 e. The van der Waals surface area contributed by atoms with Crippen molar-refractivity contribution in [3.05, 3.63) is 27.3 Å². The molecule has 7 heteroatoms. The van der Waals surface area contributed by atoms with Gasteiger partial charge in [0.05, 0.1) is 16.9 Å². The number of hydrogen-bond donors (Lipinski definition) is 1. The van der Waals surface area contributed by atoms with Crippen LogP contribution in [0.5, 0.6) is 0 Å². The van der Waals surface area contributed by atoms with Crippen molar-refractivity contribution < 1.29 is 4.79 Å². The number of nitrogens with zero attached hydrogens (tertiary/aromatic N) is 4. The van der Waals surface area contributed by atoms with Crippen molar-refractivity contribution in [2.75, 3.05) is 5.73 Å². The third-order valence-corrected chi connectivity index (χ3v) is 3.28. The summed E-state index contributed by atoms with van der Waals surface area (Å²) in [6.07, 6.45) is 1.27. The first-order valence-electron chi connectivity index (χ1n) is 4.77. The van der Waals surface area contributed by atoms with E-state index in [1.165, 1.54) is 17.5 Å². The molecule has 0 atom stereocenters. The second-order valence-electron chi connectivity index (χ2n) is 3.42. The summed E-state index contributed by atoms with van der Waals surface area (Å²) < 4.78 is 1.03. The van der Waals surface area contributed by atoms with Crippen LogP contribution in [0, 0.1) is 25.2 Å². The number of carbonyl (C=O) groups is 1. The summed E-state index contributed by atoms with van der Waals surface area (Å²) in [6.45, 7) is 3.57. The van der Waals surface area contributed by atoms with E-state index in [0.29, 0.717) is 10.6 Å². The molecule has 6 nitrogen and oxygen atoms in total. The zero-order chi connectivity index (χ0) is 12.6. The van der Waals surface area contributed by atoms with E-state index >= 15 is 0 Å². The third-order valence-electron chi connectivity index (χ3n) is 2.22. The number of rotatable bonds is 1. The summed E-state index contributed by atoms with van der Waals surface area (Å²) in [4.78, 5) is 16.8. The first kappa shape index (κ1) is 11.3. The van der Waals surface area contributed by atoms with Gasteiger partial charge in [-0.1, -0.05) is 0 Å². The Balaban J connectivity index is 2.48. The number of anilines is 1. The Morgan fingerprint density at radius 2 is 2.29 bits per heavy atom. The number of nitrogen functional groups attached to an aromatic ring is 1. The summed E-state index contributed by atoms with van der Waals surface area (Å²) in [5.74, 6) is -0.296. The average Bonchev–Trinajstić information content (AvgIpc) is 2.81. The molecule has 0 bridgehead atoms. The lowest BCUT2D eigenvalue weighted by Crippen LogP contribution is -2.16. The molecule has 17 heavy (non-hydrogen) atoms. The maximum Gasteiger partial charge on any atom is 0.292 e. The topological polar surface area (TPSA) is 97.6 Å². The molecule has 0 spiro atoms. The summed E-state index contributed by atoms with van der Waals surface area (Å²) in [5, 5.41) is 13.4. The third kappa shape index (κ3) is 1.79. The fourth-order valence-electron chi connectivity index (χ4n) is 1.43. The largest absolute Gasteiger partial charge is 0.382 e. The molecule has 0 fully saturated rings. The van der Waals surface area contributed by atoms with Gasteiger partial charge >= 0.3 is 0 Å². The van der Waals surface area contributed by atoms with Crippen molar-refractivity contribution >= 4 is 23.1 Å². The van der Waals surface area contributed by atoms with Crippen molar-refractivity contribution in [2.24, 2.45) is 0 Å². The molecule has 0 saturated heterocycles. The molecule has 0 saturated carbocycles. The number of thiazole rings is 1. The highest BCUT2D eigenvalue weighted by Gasteiger charge is 2.20.